The van der Waals surface area contributed by atoms with Crippen LogP contribution in [0.2, 0.25) is 0 Å². The van der Waals surface area contributed by atoms with Gasteiger partial charge in [0.05, 0.1) is 11.3 Å². The second kappa shape index (κ2) is 9.86. The Balaban J connectivity index is 1.31. The molecule has 4 rings (SSSR count). The van der Waals surface area contributed by atoms with Crippen LogP contribution in [0.3, 0.4) is 0 Å². The molecular formula is C24H29N5O4S. The SMILES string of the molecule is CN(C)S(=O)(=O)c1ccccc1CNC(=O)N1CCN(C(=O)Cc2c[nH]c3ccccc23)CC1. The first kappa shape index (κ1) is 23.8. The van der Waals surface area contributed by atoms with Crippen LogP contribution in [-0.4, -0.2) is 79.7 Å². The average Bonchev–Trinajstić information content (AvgIpc) is 3.25. The van der Waals surface area contributed by atoms with Gasteiger partial charge in [0, 0.05) is 63.9 Å². The third-order valence-electron chi connectivity index (χ3n) is 6.10. The number of urea groups is 1. The first-order valence-electron chi connectivity index (χ1n) is 11.1. The van der Waals surface area contributed by atoms with Crippen LogP contribution in [0.5, 0.6) is 0 Å². The Bertz CT molecular complexity index is 1290. The molecule has 0 saturated carbocycles. The Morgan fingerprint density at radius 1 is 0.941 bits per heavy atom. The highest BCUT2D eigenvalue weighted by Crippen LogP contribution is 2.20. The molecule has 0 aliphatic carbocycles. The topological polar surface area (TPSA) is 106 Å². The van der Waals surface area contributed by atoms with E-state index < -0.39 is 10.0 Å². The van der Waals surface area contributed by atoms with Gasteiger partial charge >= 0.3 is 6.03 Å². The Morgan fingerprint density at radius 3 is 2.32 bits per heavy atom. The highest BCUT2D eigenvalue weighted by Gasteiger charge is 2.25. The molecule has 1 aliphatic heterocycles. The number of aromatic amines is 1. The third-order valence-corrected chi connectivity index (χ3v) is 8.01. The van der Waals surface area contributed by atoms with Gasteiger partial charge in [0.2, 0.25) is 15.9 Å². The minimum atomic E-state index is -3.61. The summed E-state index contributed by atoms with van der Waals surface area (Å²) in [6, 6.07) is 14.2. The van der Waals surface area contributed by atoms with Gasteiger partial charge in [0.1, 0.15) is 0 Å². The predicted molar refractivity (Wildman–Crippen MR) is 130 cm³/mol. The first-order valence-corrected chi connectivity index (χ1v) is 12.6. The molecular weight excluding hydrogens is 454 g/mol. The molecule has 0 radical (unpaired) electrons. The molecule has 2 aromatic carbocycles. The van der Waals surface area contributed by atoms with Crippen molar-refractivity contribution in [1.29, 1.82) is 0 Å². The predicted octanol–water partition coefficient (Wildman–Crippen LogP) is 2.01. The van der Waals surface area contributed by atoms with E-state index in [0.29, 0.717) is 38.2 Å². The standard InChI is InChI=1S/C24H29N5O4S/c1-27(2)34(32,33)22-10-6-3-7-18(22)16-26-24(31)29-13-11-28(12-14-29)23(30)15-19-17-25-21-9-5-4-8-20(19)21/h3-10,17,25H,11-16H2,1-2H3,(H,26,31). The number of H-pyrrole nitrogens is 1. The lowest BCUT2D eigenvalue weighted by Gasteiger charge is -2.34. The molecule has 3 amide bonds. The Morgan fingerprint density at radius 2 is 1.59 bits per heavy atom. The number of piperazine rings is 1. The van der Waals surface area contributed by atoms with E-state index in [2.05, 4.69) is 10.3 Å². The van der Waals surface area contributed by atoms with Crippen molar-refractivity contribution in [2.75, 3.05) is 40.3 Å². The summed E-state index contributed by atoms with van der Waals surface area (Å²) in [5, 5.41) is 3.86. The zero-order valence-electron chi connectivity index (χ0n) is 19.3. The Kier molecular flexibility index (Phi) is 6.90. The van der Waals surface area contributed by atoms with Gasteiger partial charge in [-0.05, 0) is 23.3 Å². The van der Waals surface area contributed by atoms with Crippen LogP contribution in [-0.2, 0) is 27.8 Å². The molecule has 0 spiro atoms. The monoisotopic (exact) mass is 483 g/mol. The molecule has 2 N–H and O–H groups in total. The summed E-state index contributed by atoms with van der Waals surface area (Å²) in [4.78, 5) is 32.3. The van der Waals surface area contributed by atoms with Crippen molar-refractivity contribution in [2.45, 2.75) is 17.9 Å². The second-order valence-electron chi connectivity index (χ2n) is 8.46. The van der Waals surface area contributed by atoms with E-state index >= 15 is 0 Å². The zero-order valence-corrected chi connectivity index (χ0v) is 20.1. The van der Waals surface area contributed by atoms with E-state index in [0.717, 1.165) is 20.8 Å². The number of nitrogens with one attached hydrogen (secondary N) is 2. The number of para-hydroxylation sites is 1. The molecule has 1 aliphatic rings. The largest absolute Gasteiger partial charge is 0.361 e. The Hall–Kier alpha value is -3.37. The molecule has 0 bridgehead atoms. The van der Waals surface area contributed by atoms with Gasteiger partial charge in [-0.1, -0.05) is 36.4 Å². The van der Waals surface area contributed by atoms with Crippen molar-refractivity contribution >= 4 is 32.9 Å². The van der Waals surface area contributed by atoms with Crippen LogP contribution in [0.1, 0.15) is 11.1 Å². The number of nitrogens with zero attached hydrogens (tertiary/aromatic N) is 3. The number of carbonyl (C=O) groups is 2. The number of hydrogen-bond acceptors (Lipinski definition) is 4. The van der Waals surface area contributed by atoms with Crippen LogP contribution in [0, 0.1) is 0 Å². The average molecular weight is 484 g/mol. The lowest BCUT2D eigenvalue weighted by Crippen LogP contribution is -2.53. The number of hydrogen-bond donors (Lipinski definition) is 2. The maximum absolute atomic E-state index is 12.8. The highest BCUT2D eigenvalue weighted by atomic mass is 32.2. The minimum absolute atomic E-state index is 0.0348. The summed E-state index contributed by atoms with van der Waals surface area (Å²) in [5.41, 5.74) is 2.50. The second-order valence-corrected chi connectivity index (χ2v) is 10.6. The normalized spacial score (nSPS) is 14.6. The number of fused-ring (bicyclic) bond motifs is 1. The van der Waals surface area contributed by atoms with Crippen molar-refractivity contribution in [3.63, 3.8) is 0 Å². The molecule has 9 nitrogen and oxygen atoms in total. The lowest BCUT2D eigenvalue weighted by molar-refractivity contribution is -0.131. The fourth-order valence-electron chi connectivity index (χ4n) is 4.09. The molecule has 3 aromatic rings. The molecule has 10 heteroatoms. The van der Waals surface area contributed by atoms with Crippen molar-refractivity contribution < 1.29 is 18.0 Å². The molecule has 2 heterocycles. The number of amides is 3. The zero-order chi connectivity index (χ0) is 24.3. The van der Waals surface area contributed by atoms with Gasteiger partial charge in [-0.25, -0.2) is 17.5 Å². The van der Waals surface area contributed by atoms with Crippen LogP contribution in [0.25, 0.3) is 10.9 Å². The highest BCUT2D eigenvalue weighted by molar-refractivity contribution is 7.89. The van der Waals surface area contributed by atoms with Gasteiger partial charge < -0.3 is 20.1 Å². The van der Waals surface area contributed by atoms with E-state index in [9.17, 15) is 18.0 Å². The number of benzene rings is 2. The van der Waals surface area contributed by atoms with Crippen LogP contribution >= 0.6 is 0 Å². The molecule has 0 unspecified atom stereocenters. The molecule has 1 aromatic heterocycles. The van der Waals surface area contributed by atoms with Gasteiger partial charge in [-0.2, -0.15) is 0 Å². The van der Waals surface area contributed by atoms with Gasteiger partial charge in [-0.3, -0.25) is 4.79 Å². The lowest BCUT2D eigenvalue weighted by atomic mass is 10.1. The first-order chi connectivity index (χ1) is 16.3. The maximum atomic E-state index is 12.8. The van der Waals surface area contributed by atoms with E-state index in [4.69, 9.17) is 0 Å². The van der Waals surface area contributed by atoms with E-state index in [1.54, 1.807) is 28.0 Å². The summed E-state index contributed by atoms with van der Waals surface area (Å²) in [5.74, 6) is 0.0348. The smallest absolute Gasteiger partial charge is 0.317 e. The fraction of sp³-hybridized carbons (Fsp3) is 0.333. The van der Waals surface area contributed by atoms with Crippen molar-refractivity contribution in [2.24, 2.45) is 0 Å². The molecule has 180 valence electrons. The number of sulfonamides is 1. The van der Waals surface area contributed by atoms with Gasteiger partial charge in [-0.15, -0.1) is 0 Å². The van der Waals surface area contributed by atoms with Crippen LogP contribution in [0.15, 0.2) is 59.6 Å². The summed E-state index contributed by atoms with van der Waals surface area (Å²) in [7, 11) is -0.658. The summed E-state index contributed by atoms with van der Waals surface area (Å²) in [6.07, 6.45) is 2.19. The fourth-order valence-corrected chi connectivity index (χ4v) is 5.21. The molecule has 0 atom stereocenters. The summed E-state index contributed by atoms with van der Waals surface area (Å²) < 4.78 is 26.2. The quantitative estimate of drug-likeness (QED) is 0.560. The van der Waals surface area contributed by atoms with Crippen LogP contribution in [0.4, 0.5) is 4.79 Å². The number of rotatable bonds is 6. The molecule has 34 heavy (non-hydrogen) atoms. The van der Waals surface area contributed by atoms with Crippen molar-refractivity contribution in [3.8, 4) is 0 Å². The maximum Gasteiger partial charge on any atom is 0.317 e. The van der Waals surface area contributed by atoms with E-state index in [1.807, 2.05) is 30.5 Å². The Labute approximate surface area is 199 Å². The van der Waals surface area contributed by atoms with E-state index in [-0.39, 0.29) is 23.4 Å². The third kappa shape index (κ3) is 4.92. The van der Waals surface area contributed by atoms with E-state index in [1.165, 1.54) is 20.2 Å². The summed E-state index contributed by atoms with van der Waals surface area (Å²) >= 11 is 0. The van der Waals surface area contributed by atoms with Crippen molar-refractivity contribution in [3.05, 3.63) is 65.9 Å². The number of carbonyl (C=O) groups excluding carboxylic acids is 2. The summed E-state index contributed by atoms with van der Waals surface area (Å²) in [6.45, 7) is 1.86. The van der Waals surface area contributed by atoms with Crippen LogP contribution < -0.4 is 5.32 Å². The minimum Gasteiger partial charge on any atom is -0.361 e. The molecule has 1 saturated heterocycles. The van der Waals surface area contributed by atoms with Crippen molar-refractivity contribution in [1.82, 2.24) is 24.4 Å². The van der Waals surface area contributed by atoms with Gasteiger partial charge in [0.15, 0.2) is 0 Å². The van der Waals surface area contributed by atoms with Gasteiger partial charge in [0.25, 0.3) is 0 Å². The molecule has 1 fully saturated rings. The number of aromatic nitrogens is 1.